The monoisotopic (exact) mass is 257 g/mol. The summed E-state index contributed by atoms with van der Waals surface area (Å²) in [5.41, 5.74) is 1.55. The Bertz CT molecular complexity index is 447. The summed E-state index contributed by atoms with van der Waals surface area (Å²) in [5.74, 6) is -0.510. The number of alkyl halides is 1. The SMILES string of the molecule is COC(=O)C(Cl)Cc1ccc([N+](=O)[O-])cc1C. The lowest BCUT2D eigenvalue weighted by molar-refractivity contribution is -0.384. The first-order valence-corrected chi connectivity index (χ1v) is 5.35. The van der Waals surface area contributed by atoms with Gasteiger partial charge in [-0.05, 0) is 24.5 Å². The van der Waals surface area contributed by atoms with E-state index in [1.807, 2.05) is 0 Å². The molecule has 0 bridgehead atoms. The molecule has 0 heterocycles. The molecular weight excluding hydrogens is 246 g/mol. The standard InChI is InChI=1S/C11H12ClNO4/c1-7-5-9(13(15)16)4-3-8(7)6-10(12)11(14)17-2/h3-5,10H,6H2,1-2H3. The van der Waals surface area contributed by atoms with Crippen molar-refractivity contribution in [1.29, 1.82) is 0 Å². The molecule has 0 saturated heterocycles. The Morgan fingerprint density at radius 3 is 2.71 bits per heavy atom. The minimum Gasteiger partial charge on any atom is -0.468 e. The van der Waals surface area contributed by atoms with Crippen LogP contribution >= 0.6 is 11.6 Å². The highest BCUT2D eigenvalue weighted by atomic mass is 35.5. The number of rotatable bonds is 4. The first-order valence-electron chi connectivity index (χ1n) is 4.91. The van der Waals surface area contributed by atoms with E-state index in [1.165, 1.54) is 19.2 Å². The summed E-state index contributed by atoms with van der Waals surface area (Å²) < 4.78 is 4.51. The van der Waals surface area contributed by atoms with Crippen molar-refractivity contribution >= 4 is 23.3 Å². The van der Waals surface area contributed by atoms with Gasteiger partial charge in [0.05, 0.1) is 12.0 Å². The Morgan fingerprint density at radius 2 is 2.24 bits per heavy atom. The molecule has 6 heteroatoms. The van der Waals surface area contributed by atoms with Crippen LogP contribution in [0.4, 0.5) is 5.69 Å². The van der Waals surface area contributed by atoms with E-state index in [-0.39, 0.29) is 12.1 Å². The number of carbonyl (C=O) groups excluding carboxylic acids is 1. The number of benzene rings is 1. The second-order valence-electron chi connectivity index (χ2n) is 3.56. The molecule has 5 nitrogen and oxygen atoms in total. The molecule has 0 aliphatic carbocycles. The van der Waals surface area contributed by atoms with Crippen molar-refractivity contribution in [2.75, 3.05) is 7.11 Å². The van der Waals surface area contributed by atoms with E-state index in [0.29, 0.717) is 0 Å². The van der Waals surface area contributed by atoms with Gasteiger partial charge in [-0.1, -0.05) is 6.07 Å². The third-order valence-electron chi connectivity index (χ3n) is 2.39. The number of nitrogens with zero attached hydrogens (tertiary/aromatic N) is 1. The van der Waals surface area contributed by atoms with E-state index < -0.39 is 16.3 Å². The molecule has 0 fully saturated rings. The lowest BCUT2D eigenvalue weighted by Gasteiger charge is -2.09. The highest BCUT2D eigenvalue weighted by molar-refractivity contribution is 6.30. The van der Waals surface area contributed by atoms with E-state index >= 15 is 0 Å². The van der Waals surface area contributed by atoms with Crippen molar-refractivity contribution in [3.63, 3.8) is 0 Å². The molecule has 0 aromatic heterocycles. The van der Waals surface area contributed by atoms with Gasteiger partial charge in [0.2, 0.25) is 0 Å². The van der Waals surface area contributed by atoms with Crippen LogP contribution in [0.15, 0.2) is 18.2 Å². The van der Waals surface area contributed by atoms with E-state index in [1.54, 1.807) is 13.0 Å². The molecule has 0 spiro atoms. The van der Waals surface area contributed by atoms with Crippen molar-refractivity contribution in [3.8, 4) is 0 Å². The van der Waals surface area contributed by atoms with Crippen molar-refractivity contribution in [2.45, 2.75) is 18.7 Å². The summed E-state index contributed by atoms with van der Waals surface area (Å²) >= 11 is 5.83. The number of aryl methyl sites for hydroxylation is 1. The Labute approximate surface area is 103 Å². The van der Waals surface area contributed by atoms with Gasteiger partial charge in [-0.3, -0.25) is 14.9 Å². The average Bonchev–Trinajstić information content (AvgIpc) is 2.30. The lowest BCUT2D eigenvalue weighted by atomic mass is 10.0. The van der Waals surface area contributed by atoms with Crippen molar-refractivity contribution in [1.82, 2.24) is 0 Å². The fourth-order valence-corrected chi connectivity index (χ4v) is 1.68. The molecule has 1 aromatic rings. The van der Waals surface area contributed by atoms with Gasteiger partial charge in [-0.2, -0.15) is 0 Å². The van der Waals surface area contributed by atoms with Gasteiger partial charge in [-0.15, -0.1) is 11.6 Å². The number of hydrogen-bond acceptors (Lipinski definition) is 4. The van der Waals surface area contributed by atoms with Crippen LogP contribution in [0.2, 0.25) is 0 Å². The van der Waals surface area contributed by atoms with Crippen LogP contribution in [-0.2, 0) is 16.0 Å². The normalized spacial score (nSPS) is 11.9. The maximum Gasteiger partial charge on any atom is 0.324 e. The third kappa shape index (κ3) is 3.42. The van der Waals surface area contributed by atoms with Gasteiger partial charge in [0.15, 0.2) is 0 Å². The summed E-state index contributed by atoms with van der Waals surface area (Å²) in [6, 6.07) is 4.45. The fourth-order valence-electron chi connectivity index (χ4n) is 1.43. The highest BCUT2D eigenvalue weighted by Gasteiger charge is 2.18. The fraction of sp³-hybridized carbons (Fsp3) is 0.364. The van der Waals surface area contributed by atoms with Crippen molar-refractivity contribution in [2.24, 2.45) is 0 Å². The van der Waals surface area contributed by atoms with Gasteiger partial charge in [-0.25, -0.2) is 0 Å². The largest absolute Gasteiger partial charge is 0.468 e. The van der Waals surface area contributed by atoms with Gasteiger partial charge < -0.3 is 4.74 Å². The third-order valence-corrected chi connectivity index (χ3v) is 2.73. The molecular formula is C11H12ClNO4. The summed E-state index contributed by atoms with van der Waals surface area (Å²) in [4.78, 5) is 21.2. The van der Waals surface area contributed by atoms with Crippen LogP contribution in [-0.4, -0.2) is 23.4 Å². The van der Waals surface area contributed by atoms with Crippen LogP contribution in [0.25, 0.3) is 0 Å². The number of esters is 1. The number of hydrogen-bond donors (Lipinski definition) is 0. The number of halogens is 1. The Morgan fingerprint density at radius 1 is 1.59 bits per heavy atom. The molecule has 1 unspecified atom stereocenters. The van der Waals surface area contributed by atoms with Crippen LogP contribution in [0, 0.1) is 17.0 Å². The zero-order chi connectivity index (χ0) is 13.0. The molecule has 0 N–H and O–H groups in total. The summed E-state index contributed by atoms with van der Waals surface area (Å²) in [7, 11) is 1.26. The number of ether oxygens (including phenoxy) is 1. The predicted molar refractivity (Wildman–Crippen MR) is 63.2 cm³/mol. The molecule has 1 aromatic carbocycles. The summed E-state index contributed by atoms with van der Waals surface area (Å²) in [5, 5.41) is 9.77. The smallest absolute Gasteiger partial charge is 0.324 e. The zero-order valence-corrected chi connectivity index (χ0v) is 10.2. The highest BCUT2D eigenvalue weighted by Crippen LogP contribution is 2.19. The molecule has 0 saturated carbocycles. The van der Waals surface area contributed by atoms with Gasteiger partial charge >= 0.3 is 5.97 Å². The number of nitro benzene ring substituents is 1. The van der Waals surface area contributed by atoms with Crippen LogP contribution in [0.5, 0.6) is 0 Å². The van der Waals surface area contributed by atoms with E-state index in [0.717, 1.165) is 11.1 Å². The molecule has 0 amide bonds. The Kier molecular flexibility index (Phi) is 4.45. The van der Waals surface area contributed by atoms with Crippen molar-refractivity contribution < 1.29 is 14.5 Å². The van der Waals surface area contributed by atoms with Gasteiger partial charge in [0.1, 0.15) is 5.38 Å². The summed E-state index contributed by atoms with van der Waals surface area (Å²) in [6.07, 6.45) is 0.290. The van der Waals surface area contributed by atoms with Gasteiger partial charge in [0.25, 0.3) is 5.69 Å². The predicted octanol–water partition coefficient (Wildman–Crippen LogP) is 2.23. The second kappa shape index (κ2) is 5.63. The maximum absolute atomic E-state index is 11.1. The molecule has 1 rings (SSSR count). The zero-order valence-electron chi connectivity index (χ0n) is 9.47. The van der Waals surface area contributed by atoms with Crippen molar-refractivity contribution in [3.05, 3.63) is 39.4 Å². The average molecular weight is 258 g/mol. The Balaban J connectivity index is 2.86. The summed E-state index contributed by atoms with van der Waals surface area (Å²) in [6.45, 7) is 1.74. The van der Waals surface area contributed by atoms with E-state index in [4.69, 9.17) is 11.6 Å². The minimum absolute atomic E-state index is 0.0236. The molecule has 0 radical (unpaired) electrons. The molecule has 0 aliphatic rings. The first kappa shape index (κ1) is 13.4. The van der Waals surface area contributed by atoms with Crippen LogP contribution in [0.3, 0.4) is 0 Å². The molecule has 92 valence electrons. The maximum atomic E-state index is 11.1. The molecule has 0 aliphatic heterocycles. The Hall–Kier alpha value is -1.62. The second-order valence-corrected chi connectivity index (χ2v) is 4.09. The first-order chi connectivity index (χ1) is 7.95. The van der Waals surface area contributed by atoms with Crippen LogP contribution < -0.4 is 0 Å². The molecule has 17 heavy (non-hydrogen) atoms. The topological polar surface area (TPSA) is 69.4 Å². The van der Waals surface area contributed by atoms with Gasteiger partial charge in [0, 0.05) is 12.1 Å². The number of carbonyl (C=O) groups is 1. The van der Waals surface area contributed by atoms with Crippen LogP contribution in [0.1, 0.15) is 11.1 Å². The lowest BCUT2D eigenvalue weighted by Crippen LogP contribution is -2.19. The van der Waals surface area contributed by atoms with E-state index in [2.05, 4.69) is 4.74 Å². The minimum atomic E-state index is -0.778. The number of methoxy groups -OCH3 is 1. The number of non-ortho nitro benzene ring substituents is 1. The quantitative estimate of drug-likeness (QED) is 0.359. The number of nitro groups is 1. The van der Waals surface area contributed by atoms with E-state index in [9.17, 15) is 14.9 Å². The molecule has 1 atom stereocenters.